The molecule has 3 nitrogen and oxygen atoms in total. The number of hydrogen-bond donors (Lipinski definition) is 2. The minimum Gasteiger partial charge on any atom is -0.506 e. The molecule has 2 N–H and O–H groups in total. The van der Waals surface area contributed by atoms with Crippen LogP contribution in [0.2, 0.25) is 0 Å². The molecule has 1 atom stereocenters. The van der Waals surface area contributed by atoms with Crippen LogP contribution in [-0.2, 0) is 0 Å². The van der Waals surface area contributed by atoms with Crippen molar-refractivity contribution in [2.45, 2.75) is 12.5 Å². The van der Waals surface area contributed by atoms with E-state index in [0.717, 1.165) is 23.0 Å². The first-order valence-electron chi connectivity index (χ1n) is 4.39. The lowest BCUT2D eigenvalue weighted by Gasteiger charge is -2.29. The minimum atomic E-state index is 0.0964. The highest BCUT2D eigenvalue weighted by atomic mass is 79.9. The van der Waals surface area contributed by atoms with E-state index in [1.54, 1.807) is 12.1 Å². The van der Waals surface area contributed by atoms with E-state index in [9.17, 15) is 5.11 Å². The molecule has 1 aromatic carbocycles. The molecule has 72 valence electrons. The summed E-state index contributed by atoms with van der Waals surface area (Å²) < 4.78 is 0.853. The van der Waals surface area contributed by atoms with Crippen LogP contribution in [0.5, 0.6) is 5.75 Å². The molecule has 1 aromatic rings. The van der Waals surface area contributed by atoms with Crippen molar-refractivity contribution in [3.05, 3.63) is 27.7 Å². The van der Waals surface area contributed by atoms with Crippen LogP contribution in [0.15, 0.2) is 16.6 Å². The maximum atomic E-state index is 9.81. The lowest BCUT2D eigenvalue weighted by Crippen LogP contribution is -2.35. The summed E-state index contributed by atoms with van der Waals surface area (Å²) in [5.41, 5.74) is 1.13. The molecule has 0 spiro atoms. The average molecular weight is 253 g/mol. The summed E-state index contributed by atoms with van der Waals surface area (Å²) in [6.45, 7) is 0.966. The van der Waals surface area contributed by atoms with E-state index in [1.165, 1.54) is 0 Å². The molecule has 14 heavy (non-hydrogen) atoms. The van der Waals surface area contributed by atoms with Gasteiger partial charge >= 0.3 is 0 Å². The number of hydrogen-bond acceptors (Lipinski definition) is 3. The lowest BCUT2D eigenvalue weighted by atomic mass is 9.95. The maximum absolute atomic E-state index is 9.81. The van der Waals surface area contributed by atoms with Gasteiger partial charge in [-0.25, -0.2) is 0 Å². The van der Waals surface area contributed by atoms with Crippen molar-refractivity contribution < 1.29 is 5.11 Å². The van der Waals surface area contributed by atoms with Gasteiger partial charge in [-0.2, -0.15) is 5.26 Å². The fourth-order valence-electron chi connectivity index (χ4n) is 1.54. The Bertz CT molecular complexity index is 407. The van der Waals surface area contributed by atoms with Crippen LogP contribution in [0.25, 0.3) is 0 Å². The molecule has 0 bridgehead atoms. The number of nitriles is 1. The van der Waals surface area contributed by atoms with E-state index >= 15 is 0 Å². The molecule has 1 fully saturated rings. The van der Waals surface area contributed by atoms with E-state index in [1.807, 2.05) is 6.07 Å². The number of nitrogens with one attached hydrogen (secondary N) is 1. The van der Waals surface area contributed by atoms with Gasteiger partial charge in [0.2, 0.25) is 0 Å². The number of nitrogens with zero attached hydrogens (tertiary/aromatic N) is 1. The first-order valence-corrected chi connectivity index (χ1v) is 5.18. The number of phenols is 1. The van der Waals surface area contributed by atoms with E-state index in [-0.39, 0.29) is 11.8 Å². The molecule has 4 heteroatoms. The fourth-order valence-corrected chi connectivity index (χ4v) is 2.14. The monoisotopic (exact) mass is 252 g/mol. The Balaban J connectivity index is 2.51. The van der Waals surface area contributed by atoms with E-state index in [2.05, 4.69) is 21.2 Å². The van der Waals surface area contributed by atoms with Crippen LogP contribution in [0.1, 0.15) is 23.6 Å². The SMILES string of the molecule is N#Cc1ccc(Br)c([C@H]2CCN2)c1O. The normalized spacial score (nSPS) is 19.9. The molecule has 1 heterocycles. The summed E-state index contributed by atoms with van der Waals surface area (Å²) in [5.74, 6) is 0.0964. The van der Waals surface area contributed by atoms with Gasteiger partial charge in [-0.05, 0) is 25.1 Å². The molecule has 0 amide bonds. The first kappa shape index (κ1) is 9.50. The van der Waals surface area contributed by atoms with Crippen molar-refractivity contribution in [1.29, 1.82) is 5.26 Å². The van der Waals surface area contributed by atoms with Crippen molar-refractivity contribution in [2.75, 3.05) is 6.54 Å². The summed E-state index contributed by atoms with van der Waals surface area (Å²) in [7, 11) is 0. The van der Waals surface area contributed by atoms with Gasteiger partial charge in [0.25, 0.3) is 0 Å². The van der Waals surface area contributed by atoms with Gasteiger partial charge < -0.3 is 10.4 Å². The fraction of sp³-hybridized carbons (Fsp3) is 0.300. The predicted molar refractivity (Wildman–Crippen MR) is 55.9 cm³/mol. The standard InChI is InChI=1S/C10H9BrN2O/c11-7-2-1-6(5-12)10(14)9(7)8-3-4-13-8/h1-2,8,13-14H,3-4H2/t8-/m1/s1. The maximum Gasteiger partial charge on any atom is 0.139 e. The van der Waals surface area contributed by atoms with Gasteiger partial charge in [0.15, 0.2) is 0 Å². The second-order valence-corrected chi connectivity index (χ2v) is 4.12. The topological polar surface area (TPSA) is 56.0 Å². The van der Waals surface area contributed by atoms with Crippen LogP contribution >= 0.6 is 15.9 Å². The van der Waals surface area contributed by atoms with Crippen molar-refractivity contribution >= 4 is 15.9 Å². The zero-order chi connectivity index (χ0) is 10.1. The average Bonchev–Trinajstić information content (AvgIpc) is 2.09. The third-order valence-corrected chi connectivity index (χ3v) is 3.15. The third kappa shape index (κ3) is 1.39. The van der Waals surface area contributed by atoms with Crippen molar-refractivity contribution in [3.8, 4) is 11.8 Å². The highest BCUT2D eigenvalue weighted by molar-refractivity contribution is 9.10. The Labute approximate surface area is 90.5 Å². The number of benzene rings is 1. The smallest absolute Gasteiger partial charge is 0.139 e. The van der Waals surface area contributed by atoms with E-state index in [4.69, 9.17) is 5.26 Å². The van der Waals surface area contributed by atoms with Gasteiger partial charge in [-0.1, -0.05) is 15.9 Å². The summed E-state index contributed by atoms with van der Waals surface area (Å²) >= 11 is 3.38. The van der Waals surface area contributed by atoms with Crippen molar-refractivity contribution in [2.24, 2.45) is 0 Å². The molecule has 0 unspecified atom stereocenters. The molecule has 0 radical (unpaired) electrons. The lowest BCUT2D eigenvalue weighted by molar-refractivity contribution is 0.363. The molecule has 1 aliphatic heterocycles. The first-order chi connectivity index (χ1) is 6.74. The van der Waals surface area contributed by atoms with E-state index in [0.29, 0.717) is 5.56 Å². The predicted octanol–water partition coefficient (Wildman–Crippen LogP) is 2.06. The Kier molecular flexibility index (Phi) is 2.44. The summed E-state index contributed by atoms with van der Waals surface area (Å²) in [6, 6.07) is 5.56. The van der Waals surface area contributed by atoms with Gasteiger partial charge in [0.05, 0.1) is 5.56 Å². The molecule has 0 aliphatic carbocycles. The number of aromatic hydroxyl groups is 1. The van der Waals surface area contributed by atoms with Crippen LogP contribution < -0.4 is 5.32 Å². The van der Waals surface area contributed by atoms with Crippen LogP contribution in [0, 0.1) is 11.3 Å². The minimum absolute atomic E-state index is 0.0964. The zero-order valence-electron chi connectivity index (χ0n) is 7.42. The number of rotatable bonds is 1. The summed E-state index contributed by atoms with van der Waals surface area (Å²) in [5, 5.41) is 21.8. The molecule has 0 saturated carbocycles. The molecule has 2 rings (SSSR count). The quantitative estimate of drug-likeness (QED) is 0.805. The number of phenolic OH excluding ortho intramolecular Hbond substituents is 1. The van der Waals surface area contributed by atoms with Crippen molar-refractivity contribution in [1.82, 2.24) is 5.32 Å². The Morgan fingerprint density at radius 2 is 2.29 bits per heavy atom. The molecular formula is C10H9BrN2O. The molecule has 1 saturated heterocycles. The van der Waals surface area contributed by atoms with Crippen molar-refractivity contribution in [3.63, 3.8) is 0 Å². The van der Waals surface area contributed by atoms with E-state index < -0.39 is 0 Å². The van der Waals surface area contributed by atoms with Gasteiger partial charge in [0.1, 0.15) is 11.8 Å². The third-order valence-electron chi connectivity index (χ3n) is 2.46. The second kappa shape index (κ2) is 3.60. The zero-order valence-corrected chi connectivity index (χ0v) is 9.00. The van der Waals surface area contributed by atoms with Gasteiger partial charge in [-0.3, -0.25) is 0 Å². The number of halogens is 1. The Morgan fingerprint density at radius 1 is 1.57 bits per heavy atom. The molecule has 1 aliphatic rings. The summed E-state index contributed by atoms with van der Waals surface area (Å²) in [6.07, 6.45) is 1.00. The Morgan fingerprint density at radius 3 is 2.79 bits per heavy atom. The van der Waals surface area contributed by atoms with Gasteiger partial charge in [-0.15, -0.1) is 0 Å². The largest absolute Gasteiger partial charge is 0.506 e. The highest BCUT2D eigenvalue weighted by Gasteiger charge is 2.25. The molecule has 0 aromatic heterocycles. The van der Waals surface area contributed by atoms with Crippen LogP contribution in [0.4, 0.5) is 0 Å². The second-order valence-electron chi connectivity index (χ2n) is 3.26. The van der Waals surface area contributed by atoms with Gasteiger partial charge in [0, 0.05) is 16.1 Å². The molecular weight excluding hydrogens is 244 g/mol. The summed E-state index contributed by atoms with van der Waals surface area (Å²) in [4.78, 5) is 0. The van der Waals surface area contributed by atoms with Crippen LogP contribution in [0.3, 0.4) is 0 Å². The van der Waals surface area contributed by atoms with Crippen LogP contribution in [-0.4, -0.2) is 11.7 Å². The Hall–Kier alpha value is -1.05. The highest BCUT2D eigenvalue weighted by Crippen LogP contribution is 2.37.